The number of primary sulfonamides is 1. The van der Waals surface area contributed by atoms with E-state index in [9.17, 15) is 30.8 Å². The van der Waals surface area contributed by atoms with Crippen molar-refractivity contribution >= 4 is 16.0 Å². The molecule has 0 radical (unpaired) electrons. The first-order valence-corrected chi connectivity index (χ1v) is 14.6. The second kappa shape index (κ2) is 12.8. The number of rotatable bonds is 6. The predicted molar refractivity (Wildman–Crippen MR) is 158 cm³/mol. The van der Waals surface area contributed by atoms with Gasteiger partial charge in [0.1, 0.15) is 5.82 Å². The van der Waals surface area contributed by atoms with Crippen LogP contribution in [0.5, 0.6) is 0 Å². The third-order valence-corrected chi connectivity index (χ3v) is 7.63. The van der Waals surface area contributed by atoms with E-state index in [4.69, 9.17) is 10.2 Å². The average molecular weight is 626 g/mol. The van der Waals surface area contributed by atoms with Crippen molar-refractivity contribution in [3.05, 3.63) is 126 Å². The van der Waals surface area contributed by atoms with Crippen molar-refractivity contribution in [1.82, 2.24) is 9.78 Å². The van der Waals surface area contributed by atoms with Crippen molar-refractivity contribution in [3.63, 3.8) is 0 Å². The largest absolute Gasteiger partial charge is 0.481 e. The lowest BCUT2D eigenvalue weighted by Crippen LogP contribution is -2.12. The third-order valence-electron chi connectivity index (χ3n) is 6.71. The molecule has 0 unspecified atom stereocenters. The lowest BCUT2D eigenvalue weighted by Gasteiger charge is -2.09. The molecule has 1 aromatic heterocycles. The molecule has 0 bridgehead atoms. The number of aliphatic carboxylic acids is 1. The number of carboxylic acids is 1. The molecular formula is C32H27F4N3O4S. The zero-order valence-electron chi connectivity index (χ0n) is 23.5. The van der Waals surface area contributed by atoms with E-state index in [-0.39, 0.29) is 16.3 Å². The normalized spacial score (nSPS) is 12.2. The molecule has 0 fully saturated rings. The maximum atomic E-state index is 14.0. The molecule has 1 atom stereocenters. The third kappa shape index (κ3) is 7.57. The molecule has 1 heterocycles. The number of sulfonamides is 1. The van der Waals surface area contributed by atoms with Gasteiger partial charge in [-0.2, -0.15) is 18.3 Å². The topological polar surface area (TPSA) is 115 Å². The first kappa shape index (κ1) is 32.1. The minimum atomic E-state index is -4.61. The summed E-state index contributed by atoms with van der Waals surface area (Å²) in [5.74, 6) is -2.06. The van der Waals surface area contributed by atoms with Crippen LogP contribution in [0, 0.1) is 12.7 Å². The molecule has 0 aliphatic carbocycles. The summed E-state index contributed by atoms with van der Waals surface area (Å²) in [6, 6.07) is 26.8. The molecule has 0 saturated heterocycles. The molecule has 4 aromatic carbocycles. The van der Waals surface area contributed by atoms with Gasteiger partial charge in [-0.05, 0) is 61.4 Å². The zero-order chi connectivity index (χ0) is 32.2. The van der Waals surface area contributed by atoms with Gasteiger partial charge in [-0.15, -0.1) is 0 Å². The van der Waals surface area contributed by atoms with E-state index in [1.165, 1.54) is 30.3 Å². The standard InChI is InChI=1S/C17H14F3N3O2S.C15H13FO2/c1-11-2-4-12(5-3-11)15-10-16(17(18,19)20)22-23(15)13-6-8-14(9-7-13)26(21,24)25;1-10(15(17)18)12-7-8-13(14(16)9-12)11-5-3-2-4-6-11/h2-10H,1H3,(H2,21,24,25);2-10H,1H3,(H,17,18)/t;10-/m.1/s1. The summed E-state index contributed by atoms with van der Waals surface area (Å²) in [6.07, 6.45) is -4.61. The highest BCUT2D eigenvalue weighted by molar-refractivity contribution is 7.89. The molecular weight excluding hydrogens is 598 g/mol. The number of aromatic nitrogens is 2. The zero-order valence-corrected chi connectivity index (χ0v) is 24.3. The molecule has 12 heteroatoms. The van der Waals surface area contributed by atoms with Crippen molar-refractivity contribution < 1.29 is 35.9 Å². The maximum Gasteiger partial charge on any atom is 0.435 e. The van der Waals surface area contributed by atoms with Gasteiger partial charge in [-0.25, -0.2) is 22.6 Å². The monoisotopic (exact) mass is 625 g/mol. The summed E-state index contributed by atoms with van der Waals surface area (Å²) >= 11 is 0. The highest BCUT2D eigenvalue weighted by Crippen LogP contribution is 2.33. The van der Waals surface area contributed by atoms with E-state index in [0.717, 1.165) is 21.9 Å². The Morgan fingerprint density at radius 3 is 2.02 bits per heavy atom. The van der Waals surface area contributed by atoms with Gasteiger partial charge in [-0.3, -0.25) is 4.79 Å². The average Bonchev–Trinajstić information content (AvgIpc) is 3.44. The second-order valence-corrected chi connectivity index (χ2v) is 11.5. The summed E-state index contributed by atoms with van der Waals surface area (Å²) in [4.78, 5) is 10.7. The molecule has 0 saturated carbocycles. The van der Waals surface area contributed by atoms with Gasteiger partial charge in [0.2, 0.25) is 10.0 Å². The number of aryl methyl sites for hydroxylation is 1. The fourth-order valence-electron chi connectivity index (χ4n) is 4.22. The van der Waals surface area contributed by atoms with E-state index in [1.54, 1.807) is 43.3 Å². The highest BCUT2D eigenvalue weighted by Gasteiger charge is 2.35. The molecule has 0 amide bonds. The van der Waals surface area contributed by atoms with Crippen molar-refractivity contribution in [2.75, 3.05) is 0 Å². The molecule has 228 valence electrons. The fraction of sp³-hybridized carbons (Fsp3) is 0.125. The number of alkyl halides is 3. The SMILES string of the molecule is C[C@@H](C(=O)O)c1ccc(-c2ccccc2)c(F)c1.Cc1ccc(-c2cc(C(F)(F)F)nn2-c2ccc(S(N)(=O)=O)cc2)cc1. The van der Waals surface area contributed by atoms with Gasteiger partial charge >= 0.3 is 12.1 Å². The van der Waals surface area contributed by atoms with Crippen molar-refractivity contribution in [3.8, 4) is 28.1 Å². The molecule has 5 aromatic rings. The van der Waals surface area contributed by atoms with E-state index in [1.807, 2.05) is 37.3 Å². The van der Waals surface area contributed by atoms with Crippen LogP contribution >= 0.6 is 0 Å². The maximum absolute atomic E-state index is 14.0. The Hall–Kier alpha value is -4.81. The Bertz CT molecular complexity index is 1870. The Balaban J connectivity index is 0.000000215. The van der Waals surface area contributed by atoms with Crippen LogP contribution in [0.1, 0.15) is 29.7 Å². The van der Waals surface area contributed by atoms with Gasteiger partial charge in [0, 0.05) is 11.1 Å². The minimum absolute atomic E-state index is 0.138. The van der Waals surface area contributed by atoms with Crippen LogP contribution in [0.3, 0.4) is 0 Å². The van der Waals surface area contributed by atoms with Gasteiger partial charge in [0.05, 0.1) is 22.2 Å². The predicted octanol–water partition coefficient (Wildman–Crippen LogP) is 7.19. The number of halogens is 4. The van der Waals surface area contributed by atoms with Crippen molar-refractivity contribution in [2.45, 2.75) is 30.8 Å². The summed E-state index contributed by atoms with van der Waals surface area (Å²) in [6.45, 7) is 3.41. The van der Waals surface area contributed by atoms with E-state index in [0.29, 0.717) is 16.7 Å². The first-order chi connectivity index (χ1) is 20.6. The van der Waals surface area contributed by atoms with Crippen LogP contribution in [0.15, 0.2) is 108 Å². The number of hydrogen-bond acceptors (Lipinski definition) is 4. The van der Waals surface area contributed by atoms with Crippen LogP contribution in [0.2, 0.25) is 0 Å². The molecule has 0 aliphatic heterocycles. The van der Waals surface area contributed by atoms with Crippen LogP contribution in [0.25, 0.3) is 28.1 Å². The summed E-state index contributed by atoms with van der Waals surface area (Å²) < 4.78 is 77.2. The molecule has 7 nitrogen and oxygen atoms in total. The molecule has 44 heavy (non-hydrogen) atoms. The van der Waals surface area contributed by atoms with Crippen LogP contribution < -0.4 is 5.14 Å². The Morgan fingerprint density at radius 2 is 1.50 bits per heavy atom. The second-order valence-electron chi connectivity index (χ2n) is 9.89. The van der Waals surface area contributed by atoms with Crippen LogP contribution in [-0.2, 0) is 21.0 Å². The number of nitrogens with zero attached hydrogens (tertiary/aromatic N) is 2. The summed E-state index contributed by atoms with van der Waals surface area (Å²) in [7, 11) is -3.90. The van der Waals surface area contributed by atoms with Gasteiger partial charge in [-0.1, -0.05) is 72.3 Å². The van der Waals surface area contributed by atoms with Gasteiger partial charge in [0.25, 0.3) is 0 Å². The molecule has 0 aliphatic rings. The van der Waals surface area contributed by atoms with Crippen molar-refractivity contribution in [1.29, 1.82) is 0 Å². The molecule has 5 rings (SSSR count). The quantitative estimate of drug-likeness (QED) is 0.194. The minimum Gasteiger partial charge on any atom is -0.481 e. The first-order valence-electron chi connectivity index (χ1n) is 13.1. The number of carboxylic acid groups (broad SMARTS) is 1. The number of carbonyl (C=O) groups is 1. The number of nitrogens with two attached hydrogens (primary N) is 1. The van der Waals surface area contributed by atoms with E-state index in [2.05, 4.69) is 5.10 Å². The lowest BCUT2D eigenvalue weighted by atomic mass is 9.97. The summed E-state index contributed by atoms with van der Waals surface area (Å²) in [5, 5.41) is 17.6. The van der Waals surface area contributed by atoms with Crippen molar-refractivity contribution in [2.24, 2.45) is 5.14 Å². The van der Waals surface area contributed by atoms with Gasteiger partial charge in [0.15, 0.2) is 5.69 Å². The Kier molecular flexibility index (Phi) is 9.36. The summed E-state index contributed by atoms with van der Waals surface area (Å²) in [5.41, 5.74) is 2.73. The number of hydrogen-bond donors (Lipinski definition) is 2. The van der Waals surface area contributed by atoms with Gasteiger partial charge < -0.3 is 5.11 Å². The highest BCUT2D eigenvalue weighted by atomic mass is 32.2. The molecule has 0 spiro atoms. The van der Waals surface area contributed by atoms with Crippen LogP contribution in [-0.4, -0.2) is 29.3 Å². The van der Waals surface area contributed by atoms with E-state index >= 15 is 0 Å². The fourth-order valence-corrected chi connectivity index (χ4v) is 4.73. The molecule has 3 N–H and O–H groups in total. The number of benzene rings is 4. The smallest absolute Gasteiger partial charge is 0.435 e. The Morgan fingerprint density at radius 1 is 0.886 bits per heavy atom. The van der Waals surface area contributed by atoms with Crippen LogP contribution in [0.4, 0.5) is 17.6 Å². The van der Waals surface area contributed by atoms with E-state index < -0.39 is 39.6 Å². The lowest BCUT2D eigenvalue weighted by molar-refractivity contribution is -0.141. The Labute approximate surface area is 251 Å².